The standard InChI is InChI=1S/C15H17BrO2/c1-10(2)5-3-8-13(17)14-9-11-6-4-7-12(16)15(11)18-14/h4,6-7,9-10H,3,5,8H2,1-2H3. The highest BCUT2D eigenvalue weighted by atomic mass is 79.9. The molecule has 0 radical (unpaired) electrons. The van der Waals surface area contributed by atoms with Crippen LogP contribution in [0, 0.1) is 5.92 Å². The Morgan fingerprint density at radius 1 is 1.39 bits per heavy atom. The van der Waals surface area contributed by atoms with Crippen LogP contribution in [0.3, 0.4) is 0 Å². The van der Waals surface area contributed by atoms with Crippen LogP contribution in [0.25, 0.3) is 11.0 Å². The van der Waals surface area contributed by atoms with Crippen LogP contribution in [-0.2, 0) is 0 Å². The number of ketones is 1. The lowest BCUT2D eigenvalue weighted by Gasteiger charge is -2.02. The molecule has 1 heterocycles. The molecule has 0 aliphatic heterocycles. The Morgan fingerprint density at radius 2 is 2.17 bits per heavy atom. The summed E-state index contributed by atoms with van der Waals surface area (Å²) in [6.07, 6.45) is 2.57. The molecule has 18 heavy (non-hydrogen) atoms. The quantitative estimate of drug-likeness (QED) is 0.710. The number of Topliss-reactive ketones (excluding diaryl/α,β-unsaturated/α-hetero) is 1. The van der Waals surface area contributed by atoms with E-state index in [1.165, 1.54) is 0 Å². The minimum Gasteiger partial charge on any atom is -0.452 e. The molecule has 0 bridgehead atoms. The van der Waals surface area contributed by atoms with Gasteiger partial charge >= 0.3 is 0 Å². The van der Waals surface area contributed by atoms with Gasteiger partial charge in [-0.3, -0.25) is 4.79 Å². The van der Waals surface area contributed by atoms with Crippen molar-refractivity contribution < 1.29 is 9.21 Å². The molecule has 2 rings (SSSR count). The summed E-state index contributed by atoms with van der Waals surface area (Å²) < 4.78 is 6.51. The summed E-state index contributed by atoms with van der Waals surface area (Å²) in [5, 5.41) is 0.969. The first-order valence-corrected chi connectivity index (χ1v) is 7.08. The van der Waals surface area contributed by atoms with E-state index in [2.05, 4.69) is 29.8 Å². The summed E-state index contributed by atoms with van der Waals surface area (Å²) in [5.41, 5.74) is 0.754. The van der Waals surface area contributed by atoms with E-state index in [0.717, 1.165) is 28.3 Å². The number of hydrogen-bond donors (Lipinski definition) is 0. The van der Waals surface area contributed by atoms with Gasteiger partial charge < -0.3 is 4.42 Å². The van der Waals surface area contributed by atoms with E-state index in [1.807, 2.05) is 24.3 Å². The van der Waals surface area contributed by atoms with Gasteiger partial charge in [0.15, 0.2) is 11.5 Å². The Labute approximate surface area is 115 Å². The molecule has 2 nitrogen and oxygen atoms in total. The van der Waals surface area contributed by atoms with E-state index < -0.39 is 0 Å². The molecule has 1 aromatic carbocycles. The number of halogens is 1. The molecule has 0 saturated carbocycles. The number of rotatable bonds is 5. The second kappa shape index (κ2) is 5.70. The van der Waals surface area contributed by atoms with E-state index in [4.69, 9.17) is 4.42 Å². The van der Waals surface area contributed by atoms with Gasteiger partial charge in [-0.2, -0.15) is 0 Å². The molecule has 3 heteroatoms. The van der Waals surface area contributed by atoms with Crippen LogP contribution in [0.15, 0.2) is 33.2 Å². The van der Waals surface area contributed by atoms with Crippen molar-refractivity contribution in [3.63, 3.8) is 0 Å². The van der Waals surface area contributed by atoms with Crippen molar-refractivity contribution in [3.05, 3.63) is 34.5 Å². The van der Waals surface area contributed by atoms with E-state index in [9.17, 15) is 4.79 Å². The summed E-state index contributed by atoms with van der Waals surface area (Å²) in [5.74, 6) is 1.21. The maximum atomic E-state index is 12.0. The summed E-state index contributed by atoms with van der Waals surface area (Å²) in [4.78, 5) is 12.0. The van der Waals surface area contributed by atoms with Crippen LogP contribution in [0.2, 0.25) is 0 Å². The highest BCUT2D eigenvalue weighted by molar-refractivity contribution is 9.10. The minimum absolute atomic E-state index is 0.0961. The molecule has 0 N–H and O–H groups in total. The van der Waals surface area contributed by atoms with Crippen molar-refractivity contribution in [2.45, 2.75) is 33.1 Å². The molecule has 0 spiro atoms. The number of carbonyl (C=O) groups excluding carboxylic acids is 1. The topological polar surface area (TPSA) is 30.2 Å². The van der Waals surface area contributed by atoms with Crippen molar-refractivity contribution in [1.82, 2.24) is 0 Å². The second-order valence-electron chi connectivity index (χ2n) is 4.98. The zero-order chi connectivity index (χ0) is 13.1. The fourth-order valence-corrected chi connectivity index (χ4v) is 2.42. The predicted molar refractivity (Wildman–Crippen MR) is 76.9 cm³/mol. The molecule has 0 aliphatic rings. The maximum absolute atomic E-state index is 12.0. The number of benzene rings is 1. The highest BCUT2D eigenvalue weighted by Crippen LogP contribution is 2.27. The normalized spacial score (nSPS) is 11.3. The van der Waals surface area contributed by atoms with E-state index in [0.29, 0.717) is 18.1 Å². The second-order valence-corrected chi connectivity index (χ2v) is 5.83. The fraction of sp³-hybridized carbons (Fsp3) is 0.400. The zero-order valence-corrected chi connectivity index (χ0v) is 12.3. The molecular formula is C15H17BrO2. The Bertz CT molecular complexity index is 555. The van der Waals surface area contributed by atoms with Crippen molar-refractivity contribution in [2.24, 2.45) is 5.92 Å². The van der Waals surface area contributed by atoms with Crippen LogP contribution < -0.4 is 0 Å². The van der Waals surface area contributed by atoms with Gasteiger partial charge in [-0.05, 0) is 40.4 Å². The third-order valence-corrected chi connectivity index (χ3v) is 3.58. The van der Waals surface area contributed by atoms with Crippen LogP contribution in [0.4, 0.5) is 0 Å². The minimum atomic E-state index is 0.0961. The molecule has 96 valence electrons. The number of para-hydroxylation sites is 1. The first-order chi connectivity index (χ1) is 8.58. The van der Waals surface area contributed by atoms with Gasteiger partial charge in [-0.1, -0.05) is 32.4 Å². The predicted octanol–water partition coefficient (Wildman–Crippen LogP) is 5.20. The van der Waals surface area contributed by atoms with Crippen molar-refractivity contribution in [3.8, 4) is 0 Å². The summed E-state index contributed by atoms with van der Waals surface area (Å²) >= 11 is 3.43. The van der Waals surface area contributed by atoms with Crippen LogP contribution in [0.5, 0.6) is 0 Å². The molecule has 0 aliphatic carbocycles. The van der Waals surface area contributed by atoms with Gasteiger partial charge in [-0.15, -0.1) is 0 Å². The highest BCUT2D eigenvalue weighted by Gasteiger charge is 2.13. The van der Waals surface area contributed by atoms with Gasteiger partial charge in [0.05, 0.1) is 4.47 Å². The fourth-order valence-electron chi connectivity index (χ4n) is 1.96. The maximum Gasteiger partial charge on any atom is 0.198 e. The average molecular weight is 309 g/mol. The van der Waals surface area contributed by atoms with Crippen molar-refractivity contribution in [1.29, 1.82) is 0 Å². The lowest BCUT2D eigenvalue weighted by atomic mass is 10.0. The number of furan rings is 1. The first-order valence-electron chi connectivity index (χ1n) is 6.29. The molecule has 0 fully saturated rings. The molecule has 0 unspecified atom stereocenters. The molecule has 2 aromatic rings. The van der Waals surface area contributed by atoms with Gasteiger partial charge in [0.1, 0.15) is 5.58 Å². The van der Waals surface area contributed by atoms with Crippen LogP contribution in [-0.4, -0.2) is 5.78 Å². The van der Waals surface area contributed by atoms with Crippen LogP contribution >= 0.6 is 15.9 Å². The third kappa shape index (κ3) is 3.02. The monoisotopic (exact) mass is 308 g/mol. The van der Waals surface area contributed by atoms with Gasteiger partial charge in [-0.25, -0.2) is 0 Å². The van der Waals surface area contributed by atoms with Gasteiger partial charge in [0.2, 0.25) is 0 Å². The van der Waals surface area contributed by atoms with Gasteiger partial charge in [0.25, 0.3) is 0 Å². The number of carbonyl (C=O) groups is 1. The van der Waals surface area contributed by atoms with Gasteiger partial charge in [0, 0.05) is 11.8 Å². The lowest BCUT2D eigenvalue weighted by molar-refractivity contribution is 0.0953. The third-order valence-electron chi connectivity index (χ3n) is 2.96. The Hall–Kier alpha value is -1.09. The SMILES string of the molecule is CC(C)CCCC(=O)c1cc2cccc(Br)c2o1. The summed E-state index contributed by atoms with van der Waals surface area (Å²) in [6, 6.07) is 7.64. The zero-order valence-electron chi connectivity index (χ0n) is 10.7. The Morgan fingerprint density at radius 3 is 2.83 bits per heavy atom. The lowest BCUT2D eigenvalue weighted by Crippen LogP contribution is -1.98. The van der Waals surface area contributed by atoms with E-state index >= 15 is 0 Å². The van der Waals surface area contributed by atoms with Crippen LogP contribution in [0.1, 0.15) is 43.7 Å². The average Bonchev–Trinajstić information content (AvgIpc) is 2.74. The first kappa shape index (κ1) is 13.3. The Balaban J connectivity index is 2.11. The molecule has 1 aromatic heterocycles. The molecule has 0 saturated heterocycles. The number of fused-ring (bicyclic) bond motifs is 1. The van der Waals surface area contributed by atoms with Crippen molar-refractivity contribution in [2.75, 3.05) is 0 Å². The molecule has 0 amide bonds. The smallest absolute Gasteiger partial charge is 0.198 e. The summed E-state index contributed by atoms with van der Waals surface area (Å²) in [6.45, 7) is 4.34. The van der Waals surface area contributed by atoms with Crippen molar-refractivity contribution >= 4 is 32.7 Å². The largest absolute Gasteiger partial charge is 0.452 e. The summed E-state index contributed by atoms with van der Waals surface area (Å²) in [7, 11) is 0. The van der Waals surface area contributed by atoms with E-state index in [-0.39, 0.29) is 5.78 Å². The number of hydrogen-bond acceptors (Lipinski definition) is 2. The van der Waals surface area contributed by atoms with E-state index in [1.54, 1.807) is 0 Å². The Kier molecular flexibility index (Phi) is 4.23. The molecular weight excluding hydrogens is 292 g/mol. The molecule has 0 atom stereocenters.